The first kappa shape index (κ1) is 25.0. The molecule has 0 aliphatic heterocycles. The van der Waals surface area contributed by atoms with Gasteiger partial charge in [-0.3, -0.25) is 0 Å². The molecule has 0 bridgehead atoms. The van der Waals surface area contributed by atoms with Crippen LogP contribution in [0.5, 0.6) is 0 Å². The van der Waals surface area contributed by atoms with Gasteiger partial charge in [0.25, 0.3) is 0 Å². The summed E-state index contributed by atoms with van der Waals surface area (Å²) in [6.07, 6.45) is 14.2. The third-order valence-corrected chi connectivity index (χ3v) is 10.4. The Morgan fingerprint density at radius 1 is 0.481 bits per heavy atom. The molecule has 0 aromatic rings. The molecular weight excluding hydrogens is 467 g/mol. The molecule has 0 atom stereocenters. The summed E-state index contributed by atoms with van der Waals surface area (Å²) >= 11 is 35.3. The number of hydrogen-bond donors (Lipinski definition) is 1. The molecule has 3 aliphatic carbocycles. The van der Waals surface area contributed by atoms with Crippen LogP contribution >= 0.6 is 69.6 Å². The van der Waals surface area contributed by atoms with E-state index in [-0.39, 0.29) is 0 Å². The van der Waals surface area contributed by atoms with Crippen molar-refractivity contribution in [3.8, 4) is 0 Å². The van der Waals surface area contributed by atoms with Crippen LogP contribution in [-0.4, -0.2) is 43.3 Å². The Hall–Kier alpha value is 1.70. The lowest BCUT2D eigenvalue weighted by molar-refractivity contribution is 0.145. The molecule has 3 fully saturated rings. The predicted molar refractivity (Wildman–Crippen MR) is 124 cm³/mol. The van der Waals surface area contributed by atoms with Crippen molar-refractivity contribution < 1.29 is 0 Å². The maximum atomic E-state index is 5.88. The number of halogens is 6. The van der Waals surface area contributed by atoms with Crippen molar-refractivity contribution in [2.75, 3.05) is 0 Å². The molecule has 1 N–H and O–H groups in total. The van der Waals surface area contributed by atoms with Crippen LogP contribution < -0.4 is 5.32 Å². The van der Waals surface area contributed by atoms with Gasteiger partial charge in [-0.25, -0.2) is 0 Å². The summed E-state index contributed by atoms with van der Waals surface area (Å²) in [5, 5.41) is 1.39. The largest absolute Gasteiger partial charge is 0.306 e. The molecule has 0 radical (unpaired) electrons. The average Bonchev–Trinajstić information content (AvgIpc) is 2.64. The lowest BCUT2D eigenvalue weighted by Crippen LogP contribution is -2.56. The fourth-order valence-electron chi connectivity index (χ4n) is 4.70. The highest BCUT2D eigenvalue weighted by Gasteiger charge is 2.47. The number of nitrogens with one attached hydrogen (secondary N) is 1. The number of rotatable bonds is 2. The van der Waals surface area contributed by atoms with Gasteiger partial charge in [0.2, 0.25) is 0 Å². The zero-order valence-corrected chi connectivity index (χ0v) is 20.8. The maximum absolute atomic E-state index is 5.88. The molecule has 0 amide bonds. The average molecular weight is 500 g/mol. The van der Waals surface area contributed by atoms with E-state index in [9.17, 15) is 0 Å². The van der Waals surface area contributed by atoms with Crippen molar-refractivity contribution in [3.05, 3.63) is 0 Å². The standard InChI is InChI=1S/C14H27N.C6H6Cl6/c1-13(9-5-3-6-10-13)15-14(2)11-7-4-8-12-14;7-1-2(8)4(10)6(12)5(11)3(1)9/h15H,3-12H2,1-2H3;1-6H/t;1-,2-,3-,4+,5+,6+. The van der Waals surface area contributed by atoms with Crippen LogP contribution in [0.1, 0.15) is 78.1 Å². The van der Waals surface area contributed by atoms with Crippen LogP contribution in [0.25, 0.3) is 0 Å². The van der Waals surface area contributed by atoms with E-state index in [1.807, 2.05) is 0 Å². The fraction of sp³-hybridized carbons (Fsp3) is 1.00. The van der Waals surface area contributed by atoms with E-state index in [0.717, 1.165) is 0 Å². The van der Waals surface area contributed by atoms with E-state index >= 15 is 0 Å². The van der Waals surface area contributed by atoms with E-state index in [2.05, 4.69) is 19.2 Å². The van der Waals surface area contributed by atoms with E-state index in [4.69, 9.17) is 69.6 Å². The zero-order chi connectivity index (χ0) is 20.2. The Labute approximate surface area is 195 Å². The summed E-state index contributed by atoms with van der Waals surface area (Å²) in [5.74, 6) is 0. The van der Waals surface area contributed by atoms with Crippen LogP contribution in [0.4, 0.5) is 0 Å². The zero-order valence-electron chi connectivity index (χ0n) is 16.3. The first-order valence-electron chi connectivity index (χ1n) is 10.2. The normalized spacial score (nSPS) is 41.3. The molecule has 0 aromatic carbocycles. The van der Waals surface area contributed by atoms with Gasteiger partial charge in [-0.15, -0.1) is 69.6 Å². The van der Waals surface area contributed by atoms with Crippen molar-refractivity contribution in [2.24, 2.45) is 0 Å². The summed E-state index contributed by atoms with van der Waals surface area (Å²) < 4.78 is 0. The van der Waals surface area contributed by atoms with Gasteiger partial charge < -0.3 is 5.32 Å². The lowest BCUT2D eigenvalue weighted by atomic mass is 9.77. The highest BCUT2D eigenvalue weighted by Crippen LogP contribution is 2.40. The van der Waals surface area contributed by atoms with Crippen LogP contribution in [0.15, 0.2) is 0 Å². The molecule has 0 heterocycles. The third-order valence-electron chi connectivity index (χ3n) is 6.34. The first-order chi connectivity index (χ1) is 12.6. The molecule has 1 nitrogen and oxygen atoms in total. The summed E-state index contributed by atoms with van der Waals surface area (Å²) in [6, 6.07) is 0. The molecule has 160 valence electrons. The van der Waals surface area contributed by atoms with Gasteiger partial charge in [-0.05, 0) is 39.5 Å². The molecule has 3 rings (SSSR count). The van der Waals surface area contributed by atoms with E-state index < -0.39 is 32.3 Å². The second-order valence-electron chi connectivity index (χ2n) is 9.03. The molecule has 0 aromatic heterocycles. The Kier molecular flexibility index (Phi) is 10.0. The smallest absolute Gasteiger partial charge is 0.0693 e. The summed E-state index contributed by atoms with van der Waals surface area (Å²) in [4.78, 5) is 0. The molecule has 3 saturated carbocycles. The van der Waals surface area contributed by atoms with E-state index in [0.29, 0.717) is 11.1 Å². The van der Waals surface area contributed by atoms with Crippen LogP contribution in [-0.2, 0) is 0 Å². The number of hydrogen-bond acceptors (Lipinski definition) is 1. The van der Waals surface area contributed by atoms with Gasteiger partial charge in [0.1, 0.15) is 0 Å². The van der Waals surface area contributed by atoms with Crippen LogP contribution in [0.3, 0.4) is 0 Å². The van der Waals surface area contributed by atoms with Gasteiger partial charge in [-0.1, -0.05) is 38.5 Å². The molecule has 0 unspecified atom stereocenters. The Balaban J connectivity index is 0.000000199. The monoisotopic (exact) mass is 497 g/mol. The minimum absolute atomic E-state index is 0.437. The second-order valence-corrected chi connectivity index (χ2v) is 12.1. The third kappa shape index (κ3) is 6.84. The Morgan fingerprint density at radius 3 is 0.926 bits per heavy atom. The fourth-order valence-corrected chi connectivity index (χ4v) is 7.02. The molecular formula is C20H33Cl6N. The van der Waals surface area contributed by atoms with E-state index in [1.54, 1.807) is 0 Å². The topological polar surface area (TPSA) is 12.0 Å². The highest BCUT2D eigenvalue weighted by molar-refractivity contribution is 6.45. The highest BCUT2D eigenvalue weighted by atomic mass is 35.5. The Morgan fingerprint density at radius 2 is 0.704 bits per heavy atom. The van der Waals surface area contributed by atoms with Gasteiger partial charge in [0, 0.05) is 11.1 Å². The summed E-state index contributed by atoms with van der Waals surface area (Å²) in [7, 11) is 0. The van der Waals surface area contributed by atoms with E-state index in [1.165, 1.54) is 64.2 Å². The van der Waals surface area contributed by atoms with Gasteiger partial charge in [0.05, 0.1) is 32.3 Å². The quantitative estimate of drug-likeness (QED) is 0.384. The molecule has 7 heteroatoms. The van der Waals surface area contributed by atoms with Crippen molar-refractivity contribution in [1.82, 2.24) is 5.32 Å². The minimum Gasteiger partial charge on any atom is -0.306 e. The van der Waals surface area contributed by atoms with Crippen molar-refractivity contribution in [2.45, 2.75) is 121 Å². The van der Waals surface area contributed by atoms with Crippen LogP contribution in [0.2, 0.25) is 0 Å². The van der Waals surface area contributed by atoms with Gasteiger partial charge in [0.15, 0.2) is 0 Å². The molecule has 0 saturated heterocycles. The van der Waals surface area contributed by atoms with Crippen molar-refractivity contribution in [1.29, 1.82) is 0 Å². The SMILES string of the molecule is CC1(NC2(C)CCCCC2)CCCCC1.Cl[C@H]1[C@H](Cl)[C@@H](Cl)[C@@H](Cl)[C@H](Cl)[C@H]1Cl. The second kappa shape index (κ2) is 10.8. The minimum atomic E-state index is -0.437. The molecule has 3 aliphatic rings. The Bertz CT molecular complexity index is 369. The van der Waals surface area contributed by atoms with Gasteiger partial charge >= 0.3 is 0 Å². The molecule has 0 spiro atoms. The van der Waals surface area contributed by atoms with Gasteiger partial charge in [-0.2, -0.15) is 0 Å². The lowest BCUT2D eigenvalue weighted by Gasteiger charge is -2.45. The predicted octanol–water partition coefficient (Wildman–Crippen LogP) is 7.67. The van der Waals surface area contributed by atoms with Crippen molar-refractivity contribution in [3.63, 3.8) is 0 Å². The number of alkyl halides is 6. The first-order valence-corrected chi connectivity index (χ1v) is 12.8. The summed E-state index contributed by atoms with van der Waals surface area (Å²) in [6.45, 7) is 4.90. The summed E-state index contributed by atoms with van der Waals surface area (Å²) in [5.41, 5.74) is 0.898. The van der Waals surface area contributed by atoms with Crippen LogP contribution in [0, 0.1) is 0 Å². The maximum Gasteiger partial charge on any atom is 0.0693 e. The molecule has 27 heavy (non-hydrogen) atoms. The van der Waals surface area contributed by atoms with Crippen molar-refractivity contribution >= 4 is 69.6 Å².